The molecule has 1 aliphatic rings. The number of rotatable bonds is 6. The van der Waals surface area contributed by atoms with E-state index >= 15 is 0 Å². The summed E-state index contributed by atoms with van der Waals surface area (Å²) in [6.45, 7) is 1.94. The Balaban J connectivity index is 1.80. The van der Waals surface area contributed by atoms with Gasteiger partial charge in [-0.3, -0.25) is 9.59 Å². The monoisotopic (exact) mass is 448 g/mol. The van der Waals surface area contributed by atoms with E-state index in [2.05, 4.69) is 5.32 Å². The lowest BCUT2D eigenvalue weighted by molar-refractivity contribution is -0.120. The van der Waals surface area contributed by atoms with Crippen LogP contribution in [0.2, 0.25) is 5.02 Å². The number of hydrogen-bond acceptors (Lipinski definition) is 5. The Morgan fingerprint density at radius 2 is 1.47 bits per heavy atom. The van der Waals surface area contributed by atoms with E-state index in [4.69, 9.17) is 21.1 Å². The maximum Gasteiger partial charge on any atom is 0.282 e. The largest absolute Gasteiger partial charge is 0.493 e. The Hall–Kier alpha value is -3.77. The summed E-state index contributed by atoms with van der Waals surface area (Å²) in [6.07, 6.45) is 0. The summed E-state index contributed by atoms with van der Waals surface area (Å²) < 4.78 is 10.6. The Kier molecular flexibility index (Phi) is 5.88. The smallest absolute Gasteiger partial charge is 0.282 e. The van der Waals surface area contributed by atoms with Crippen molar-refractivity contribution in [3.05, 3.63) is 88.6 Å². The van der Waals surface area contributed by atoms with E-state index in [1.54, 1.807) is 61.7 Å². The van der Waals surface area contributed by atoms with Crippen molar-refractivity contribution in [3.8, 4) is 11.5 Å². The average molecular weight is 449 g/mol. The van der Waals surface area contributed by atoms with Gasteiger partial charge in [0.25, 0.3) is 11.8 Å². The number of anilines is 2. The number of amides is 2. The fourth-order valence-electron chi connectivity index (χ4n) is 3.52. The van der Waals surface area contributed by atoms with E-state index in [-0.39, 0.29) is 11.3 Å². The van der Waals surface area contributed by atoms with Crippen LogP contribution in [-0.2, 0) is 9.59 Å². The summed E-state index contributed by atoms with van der Waals surface area (Å²) in [4.78, 5) is 28.1. The molecule has 0 unspecified atom stereocenters. The van der Waals surface area contributed by atoms with Gasteiger partial charge in [-0.2, -0.15) is 0 Å². The molecule has 0 radical (unpaired) electrons. The van der Waals surface area contributed by atoms with Gasteiger partial charge in [0.15, 0.2) is 11.5 Å². The molecule has 0 aliphatic carbocycles. The van der Waals surface area contributed by atoms with Crippen molar-refractivity contribution in [1.29, 1.82) is 0 Å². The summed E-state index contributed by atoms with van der Waals surface area (Å²) >= 11 is 6.03. The molecule has 0 saturated carbocycles. The Morgan fingerprint density at radius 3 is 2.09 bits per heavy atom. The predicted octanol–water partition coefficient (Wildman–Crippen LogP) is 5.06. The molecule has 1 heterocycles. The standard InChI is InChI=1S/C25H21ClN2O4/c1-15-4-11-19(12-5-15)28-24(29)22(16-6-8-17(26)9-7-16)23(25(28)30)27-18-10-13-20(31-2)21(14-18)32-3/h4-14,27H,1-3H3. The number of hydrogen-bond donors (Lipinski definition) is 1. The summed E-state index contributed by atoms with van der Waals surface area (Å²) in [5.74, 6) is 0.195. The number of nitrogens with zero attached hydrogens (tertiary/aromatic N) is 1. The van der Waals surface area contributed by atoms with E-state index < -0.39 is 11.8 Å². The van der Waals surface area contributed by atoms with Gasteiger partial charge in [0.1, 0.15) is 5.70 Å². The summed E-state index contributed by atoms with van der Waals surface area (Å²) in [5, 5.41) is 3.66. The molecule has 0 fully saturated rings. The van der Waals surface area contributed by atoms with Crippen molar-refractivity contribution in [3.63, 3.8) is 0 Å². The molecule has 3 aromatic rings. The van der Waals surface area contributed by atoms with Crippen LogP contribution in [0.5, 0.6) is 11.5 Å². The summed E-state index contributed by atoms with van der Waals surface area (Å²) in [7, 11) is 3.08. The molecule has 1 aliphatic heterocycles. The molecular weight excluding hydrogens is 428 g/mol. The zero-order chi connectivity index (χ0) is 22.8. The average Bonchev–Trinajstić information content (AvgIpc) is 3.04. The first kappa shape index (κ1) is 21.5. The lowest BCUT2D eigenvalue weighted by Gasteiger charge is -2.16. The summed E-state index contributed by atoms with van der Waals surface area (Å²) in [5.41, 5.74) is 3.14. The van der Waals surface area contributed by atoms with Gasteiger partial charge < -0.3 is 14.8 Å². The van der Waals surface area contributed by atoms with Crippen LogP contribution in [0.25, 0.3) is 5.57 Å². The van der Waals surface area contributed by atoms with Crippen molar-refractivity contribution in [2.75, 3.05) is 24.4 Å². The molecule has 1 N–H and O–H groups in total. The number of carbonyl (C=O) groups is 2. The normalized spacial score (nSPS) is 13.6. The van der Waals surface area contributed by atoms with Crippen molar-refractivity contribution < 1.29 is 19.1 Å². The van der Waals surface area contributed by atoms with Gasteiger partial charge in [0.05, 0.1) is 25.5 Å². The van der Waals surface area contributed by atoms with Crippen LogP contribution < -0.4 is 19.7 Å². The number of aryl methyl sites for hydroxylation is 1. The third-order valence-corrected chi connectivity index (χ3v) is 5.41. The third kappa shape index (κ3) is 3.92. The second kappa shape index (κ2) is 8.77. The number of methoxy groups -OCH3 is 2. The van der Waals surface area contributed by atoms with Gasteiger partial charge in [-0.15, -0.1) is 0 Å². The van der Waals surface area contributed by atoms with Crippen LogP contribution in [0.15, 0.2) is 72.4 Å². The van der Waals surface area contributed by atoms with Crippen LogP contribution in [0.1, 0.15) is 11.1 Å². The quantitative estimate of drug-likeness (QED) is 0.534. The molecule has 2 amide bonds. The highest BCUT2D eigenvalue weighted by Gasteiger charge is 2.40. The zero-order valence-electron chi connectivity index (χ0n) is 17.8. The van der Waals surface area contributed by atoms with E-state index in [9.17, 15) is 9.59 Å². The Labute approximate surface area is 191 Å². The number of nitrogens with one attached hydrogen (secondary N) is 1. The molecule has 0 saturated heterocycles. The lowest BCUT2D eigenvalue weighted by atomic mass is 10.0. The lowest BCUT2D eigenvalue weighted by Crippen LogP contribution is -2.32. The first-order chi connectivity index (χ1) is 15.4. The van der Waals surface area contributed by atoms with E-state index in [0.29, 0.717) is 33.5 Å². The number of ether oxygens (including phenoxy) is 2. The molecule has 32 heavy (non-hydrogen) atoms. The van der Waals surface area contributed by atoms with Crippen LogP contribution >= 0.6 is 11.6 Å². The molecular formula is C25H21ClN2O4. The highest BCUT2D eigenvalue weighted by molar-refractivity contribution is 6.46. The minimum Gasteiger partial charge on any atom is -0.493 e. The Bertz CT molecular complexity index is 1220. The van der Waals surface area contributed by atoms with E-state index in [1.807, 2.05) is 19.1 Å². The minimum atomic E-state index is -0.446. The van der Waals surface area contributed by atoms with Crippen LogP contribution in [0.4, 0.5) is 11.4 Å². The van der Waals surface area contributed by atoms with Crippen molar-refractivity contribution in [2.24, 2.45) is 0 Å². The molecule has 0 atom stereocenters. The van der Waals surface area contributed by atoms with Crippen molar-refractivity contribution >= 4 is 40.4 Å². The first-order valence-corrected chi connectivity index (χ1v) is 10.3. The Morgan fingerprint density at radius 1 is 0.812 bits per heavy atom. The van der Waals surface area contributed by atoms with Gasteiger partial charge in [-0.1, -0.05) is 41.4 Å². The second-order valence-electron chi connectivity index (χ2n) is 7.23. The number of benzene rings is 3. The summed E-state index contributed by atoms with van der Waals surface area (Å²) in [6, 6.07) is 19.2. The highest BCUT2D eigenvalue weighted by atomic mass is 35.5. The predicted molar refractivity (Wildman–Crippen MR) is 125 cm³/mol. The highest BCUT2D eigenvalue weighted by Crippen LogP contribution is 2.36. The second-order valence-corrected chi connectivity index (χ2v) is 7.67. The van der Waals surface area contributed by atoms with Gasteiger partial charge in [0, 0.05) is 16.8 Å². The van der Waals surface area contributed by atoms with E-state index in [0.717, 1.165) is 5.56 Å². The maximum atomic E-state index is 13.4. The zero-order valence-corrected chi connectivity index (χ0v) is 18.6. The van der Waals surface area contributed by atoms with E-state index in [1.165, 1.54) is 12.0 Å². The van der Waals surface area contributed by atoms with Crippen molar-refractivity contribution in [1.82, 2.24) is 0 Å². The SMILES string of the molecule is COc1ccc(NC2=C(c3ccc(Cl)cc3)C(=O)N(c3ccc(C)cc3)C2=O)cc1OC. The van der Waals surface area contributed by atoms with Crippen LogP contribution in [-0.4, -0.2) is 26.0 Å². The fourth-order valence-corrected chi connectivity index (χ4v) is 3.64. The minimum absolute atomic E-state index is 0.171. The molecule has 0 aromatic heterocycles. The first-order valence-electron chi connectivity index (χ1n) is 9.87. The molecule has 6 nitrogen and oxygen atoms in total. The molecule has 4 rings (SSSR count). The molecule has 162 valence electrons. The molecule has 3 aromatic carbocycles. The van der Waals surface area contributed by atoms with Gasteiger partial charge in [-0.25, -0.2) is 4.90 Å². The molecule has 0 bridgehead atoms. The number of halogens is 1. The van der Waals surface area contributed by atoms with Gasteiger partial charge in [0.2, 0.25) is 0 Å². The topological polar surface area (TPSA) is 67.9 Å². The number of imide groups is 1. The van der Waals surface area contributed by atoms with Crippen LogP contribution in [0, 0.1) is 6.92 Å². The maximum absolute atomic E-state index is 13.4. The molecule has 0 spiro atoms. The van der Waals surface area contributed by atoms with Gasteiger partial charge in [-0.05, 0) is 48.9 Å². The fraction of sp³-hybridized carbons (Fsp3) is 0.120. The third-order valence-electron chi connectivity index (χ3n) is 5.16. The number of carbonyl (C=O) groups excluding carboxylic acids is 2. The van der Waals surface area contributed by atoms with Crippen molar-refractivity contribution in [2.45, 2.75) is 6.92 Å². The van der Waals surface area contributed by atoms with Gasteiger partial charge >= 0.3 is 0 Å². The van der Waals surface area contributed by atoms with Crippen LogP contribution in [0.3, 0.4) is 0 Å². The molecule has 7 heteroatoms.